The van der Waals surface area contributed by atoms with E-state index in [1.165, 1.54) is 11.7 Å². The van der Waals surface area contributed by atoms with Crippen LogP contribution in [0.15, 0.2) is 6.20 Å². The highest BCUT2D eigenvalue weighted by Crippen LogP contribution is 2.35. The van der Waals surface area contributed by atoms with E-state index in [2.05, 4.69) is 5.10 Å². The molecule has 2 rings (SSSR count). The number of nitro groups is 1. The number of alkyl halides is 3. The predicted octanol–water partition coefficient (Wildman–Crippen LogP) is 1.06. The van der Waals surface area contributed by atoms with Gasteiger partial charge in [-0.3, -0.25) is 19.6 Å². The summed E-state index contributed by atoms with van der Waals surface area (Å²) in [6, 6.07) is 0. The number of halogens is 3. The Balaban J connectivity index is 1.99. The minimum atomic E-state index is -4.97. The second-order valence-electron chi connectivity index (χ2n) is 5.74. The Morgan fingerprint density at radius 3 is 2.62 bits per heavy atom. The quantitative estimate of drug-likeness (QED) is 0.641. The lowest BCUT2D eigenvalue weighted by atomic mass is 9.92. The van der Waals surface area contributed by atoms with Crippen molar-refractivity contribution in [3.8, 4) is 0 Å². The summed E-state index contributed by atoms with van der Waals surface area (Å²) in [5.74, 6) is -2.05. The van der Waals surface area contributed by atoms with Gasteiger partial charge in [-0.25, -0.2) is 0 Å². The average molecular weight is 352 g/mol. The molecule has 24 heavy (non-hydrogen) atoms. The smallest absolute Gasteiger partial charge is 0.348 e. The number of carbonyl (C=O) groups is 1. The molecule has 1 aromatic rings. The van der Waals surface area contributed by atoms with E-state index >= 15 is 0 Å². The van der Waals surface area contributed by atoms with Crippen molar-refractivity contribution in [2.45, 2.75) is 19.4 Å². The molecule has 1 aromatic heterocycles. The van der Waals surface area contributed by atoms with Crippen molar-refractivity contribution in [2.75, 3.05) is 19.8 Å². The van der Waals surface area contributed by atoms with Crippen LogP contribution in [0, 0.1) is 15.5 Å². The van der Waals surface area contributed by atoms with E-state index < -0.39 is 28.7 Å². The number of amides is 1. The molecule has 0 aromatic carbocycles. The lowest BCUT2D eigenvalue weighted by Crippen LogP contribution is -2.48. The monoisotopic (exact) mass is 352 g/mol. The third-order valence-electron chi connectivity index (χ3n) is 3.48. The SMILES string of the molecule is Cn1ncc([N+](=O)[O-])c1C1OCC(C)(CNC(=O)C(F)(F)F)CO1. The van der Waals surface area contributed by atoms with Crippen molar-refractivity contribution in [2.24, 2.45) is 12.5 Å². The molecular weight excluding hydrogens is 337 g/mol. The standard InChI is InChI=1S/C12H15F3N4O5/c1-11(4-16-10(20)12(13,14)15)5-23-9(24-6-11)8-7(19(21)22)3-17-18(8)2/h3,9H,4-6H2,1-2H3,(H,16,20). The van der Waals surface area contributed by atoms with Gasteiger partial charge in [-0.05, 0) is 0 Å². The van der Waals surface area contributed by atoms with Crippen LogP contribution < -0.4 is 5.32 Å². The number of rotatable bonds is 4. The third kappa shape index (κ3) is 3.82. The van der Waals surface area contributed by atoms with Crippen molar-refractivity contribution in [1.82, 2.24) is 15.1 Å². The number of ether oxygens (including phenoxy) is 2. The van der Waals surface area contributed by atoms with Crippen molar-refractivity contribution in [1.29, 1.82) is 0 Å². The first-order valence-electron chi connectivity index (χ1n) is 6.78. The molecule has 0 atom stereocenters. The highest BCUT2D eigenvalue weighted by Gasteiger charge is 2.42. The van der Waals surface area contributed by atoms with Gasteiger partial charge in [-0.15, -0.1) is 0 Å². The molecule has 0 aliphatic carbocycles. The van der Waals surface area contributed by atoms with Gasteiger partial charge in [-0.2, -0.15) is 18.3 Å². The number of aromatic nitrogens is 2. The van der Waals surface area contributed by atoms with Gasteiger partial charge in [0.1, 0.15) is 6.20 Å². The Labute approximate surface area is 133 Å². The Morgan fingerprint density at radius 1 is 1.54 bits per heavy atom. The predicted molar refractivity (Wildman–Crippen MR) is 71.7 cm³/mol. The van der Waals surface area contributed by atoms with Crippen LogP contribution in [-0.4, -0.2) is 46.5 Å². The van der Waals surface area contributed by atoms with Crippen LogP contribution in [0.25, 0.3) is 0 Å². The fourth-order valence-electron chi connectivity index (χ4n) is 2.15. The Hall–Kier alpha value is -2.21. The molecule has 0 spiro atoms. The molecule has 134 valence electrons. The average Bonchev–Trinajstić information content (AvgIpc) is 2.87. The van der Waals surface area contributed by atoms with Crippen LogP contribution >= 0.6 is 0 Å². The summed E-state index contributed by atoms with van der Waals surface area (Å²) in [5, 5.41) is 16.5. The van der Waals surface area contributed by atoms with E-state index in [4.69, 9.17) is 9.47 Å². The number of carbonyl (C=O) groups excluding carboxylic acids is 1. The fourth-order valence-corrected chi connectivity index (χ4v) is 2.15. The van der Waals surface area contributed by atoms with Crippen molar-refractivity contribution in [3.63, 3.8) is 0 Å². The second-order valence-corrected chi connectivity index (χ2v) is 5.74. The minimum Gasteiger partial charge on any atom is -0.348 e. The molecule has 0 radical (unpaired) electrons. The van der Waals surface area contributed by atoms with Gasteiger partial charge in [-0.1, -0.05) is 6.92 Å². The fraction of sp³-hybridized carbons (Fsp3) is 0.667. The Bertz CT molecular complexity index is 637. The van der Waals surface area contributed by atoms with Crippen molar-refractivity contribution >= 4 is 11.6 Å². The highest BCUT2D eigenvalue weighted by molar-refractivity contribution is 5.81. The molecule has 1 aliphatic heterocycles. The van der Waals surface area contributed by atoms with E-state index in [0.29, 0.717) is 0 Å². The highest BCUT2D eigenvalue weighted by atomic mass is 19.4. The first-order chi connectivity index (χ1) is 11.0. The topological polar surface area (TPSA) is 109 Å². The zero-order valence-corrected chi connectivity index (χ0v) is 12.8. The van der Waals surface area contributed by atoms with E-state index in [1.54, 1.807) is 12.2 Å². The van der Waals surface area contributed by atoms with Crippen LogP contribution in [0.2, 0.25) is 0 Å². The summed E-state index contributed by atoms with van der Waals surface area (Å²) >= 11 is 0. The molecule has 2 heterocycles. The van der Waals surface area contributed by atoms with Crippen LogP contribution in [0.3, 0.4) is 0 Å². The lowest BCUT2D eigenvalue weighted by molar-refractivity contribution is -0.388. The first kappa shape index (κ1) is 18.1. The number of nitrogens with zero attached hydrogens (tertiary/aromatic N) is 3. The summed E-state index contributed by atoms with van der Waals surface area (Å²) < 4.78 is 48.6. The van der Waals surface area contributed by atoms with Gasteiger partial charge in [0.2, 0.25) is 6.29 Å². The first-order valence-corrected chi connectivity index (χ1v) is 6.78. The molecule has 1 saturated heterocycles. The number of hydrogen-bond acceptors (Lipinski definition) is 6. The van der Waals surface area contributed by atoms with E-state index in [0.717, 1.165) is 6.20 Å². The molecule has 0 saturated carbocycles. The molecule has 9 nitrogen and oxygen atoms in total. The summed E-state index contributed by atoms with van der Waals surface area (Å²) in [6.07, 6.45) is -4.98. The number of aryl methyl sites for hydroxylation is 1. The van der Waals surface area contributed by atoms with Crippen molar-refractivity contribution in [3.05, 3.63) is 22.0 Å². The Morgan fingerprint density at radius 2 is 2.12 bits per heavy atom. The molecular formula is C12H15F3N4O5. The maximum Gasteiger partial charge on any atom is 0.471 e. The molecule has 0 unspecified atom stereocenters. The molecule has 1 aliphatic rings. The second kappa shape index (κ2) is 6.36. The van der Waals surface area contributed by atoms with E-state index in [9.17, 15) is 28.1 Å². The summed E-state index contributed by atoms with van der Waals surface area (Å²) in [4.78, 5) is 21.2. The maximum absolute atomic E-state index is 12.2. The molecule has 0 bridgehead atoms. The largest absolute Gasteiger partial charge is 0.471 e. The normalized spacial score (nSPS) is 24.6. The maximum atomic E-state index is 12.2. The van der Waals surface area contributed by atoms with Gasteiger partial charge in [0.05, 0.1) is 18.1 Å². The molecule has 1 fully saturated rings. The van der Waals surface area contributed by atoms with Crippen LogP contribution in [-0.2, 0) is 21.3 Å². The van der Waals surface area contributed by atoms with E-state index in [1.807, 2.05) is 0 Å². The van der Waals surface area contributed by atoms with Gasteiger partial charge < -0.3 is 14.8 Å². The van der Waals surface area contributed by atoms with E-state index in [-0.39, 0.29) is 31.1 Å². The third-order valence-corrected chi connectivity index (χ3v) is 3.48. The van der Waals surface area contributed by atoms with Gasteiger partial charge >= 0.3 is 17.8 Å². The van der Waals surface area contributed by atoms with Gasteiger partial charge in [0, 0.05) is 19.0 Å². The molecule has 12 heteroatoms. The number of nitrogens with one attached hydrogen (secondary N) is 1. The number of hydrogen-bond donors (Lipinski definition) is 1. The summed E-state index contributed by atoms with van der Waals surface area (Å²) in [7, 11) is 1.48. The van der Waals surface area contributed by atoms with Gasteiger partial charge in [0.25, 0.3) is 0 Å². The lowest BCUT2D eigenvalue weighted by Gasteiger charge is -2.37. The summed E-state index contributed by atoms with van der Waals surface area (Å²) in [6.45, 7) is 1.14. The van der Waals surface area contributed by atoms with Crippen LogP contribution in [0.5, 0.6) is 0 Å². The zero-order valence-electron chi connectivity index (χ0n) is 12.8. The van der Waals surface area contributed by atoms with Crippen LogP contribution in [0.1, 0.15) is 18.9 Å². The summed E-state index contributed by atoms with van der Waals surface area (Å²) in [5.41, 5.74) is -1.08. The van der Waals surface area contributed by atoms with Gasteiger partial charge in [0.15, 0.2) is 5.69 Å². The zero-order chi connectivity index (χ0) is 18.1. The molecule has 1 amide bonds. The van der Waals surface area contributed by atoms with Crippen molar-refractivity contribution < 1.29 is 32.4 Å². The Kier molecular flexibility index (Phi) is 4.80. The molecule has 1 N–H and O–H groups in total. The van der Waals surface area contributed by atoms with Crippen LogP contribution in [0.4, 0.5) is 18.9 Å². The minimum absolute atomic E-state index is 0.0574.